The van der Waals surface area contributed by atoms with Crippen LogP contribution in [-0.2, 0) is 9.13 Å². The summed E-state index contributed by atoms with van der Waals surface area (Å²) in [5.41, 5.74) is 0. The Kier molecular flexibility index (Phi) is 26.6. The number of hydrogen-bond donors (Lipinski definition) is 2. The van der Waals surface area contributed by atoms with Crippen LogP contribution in [0.15, 0.2) is 0 Å². The van der Waals surface area contributed by atoms with Crippen molar-refractivity contribution in [2.45, 2.75) is 0 Å². The molecule has 0 aliphatic heterocycles. The Bertz CT molecular complexity index is 72.6. The third kappa shape index (κ3) is 5310. The molecular weight excluding hydrogens is 230 g/mol. The van der Waals surface area contributed by atoms with Crippen molar-refractivity contribution in [3.63, 3.8) is 0 Å². The number of hydrogen-bond acceptors (Lipinski definition) is 8. The SMILES string of the molecule is O=[P+]=O.[O-][Cl+2]([O-])O.[O-][Cl+2]([O-])O. The number of rotatable bonds is 0. The van der Waals surface area contributed by atoms with Crippen LogP contribution in [0.2, 0.25) is 0 Å². The van der Waals surface area contributed by atoms with Crippen LogP contribution in [0, 0.1) is 21.6 Å². The Labute approximate surface area is 67.7 Å². The first-order chi connectivity index (χ1) is 4.88. The monoisotopic (exact) mass is 231 g/mol. The minimum absolute atomic E-state index is 1.08. The van der Waals surface area contributed by atoms with Gasteiger partial charge in [0.1, 0.15) is 0 Å². The fourth-order valence-electron chi connectivity index (χ4n) is 0. The fraction of sp³-hybridized carbons (Fsp3) is 0. The van der Waals surface area contributed by atoms with Gasteiger partial charge in [0.2, 0.25) is 0 Å². The summed E-state index contributed by atoms with van der Waals surface area (Å²) in [4.78, 5) is 0. The molecule has 0 aliphatic carbocycles. The normalized spacial score (nSPS) is 7.27. The molecule has 0 spiro atoms. The summed E-state index contributed by atoms with van der Waals surface area (Å²) in [6.07, 6.45) is 0. The molecule has 0 saturated heterocycles. The Morgan fingerprint density at radius 2 is 0.909 bits per heavy atom. The zero-order valence-electron chi connectivity index (χ0n) is 4.55. The first-order valence-corrected chi connectivity index (χ1v) is 3.96. The predicted octanol–water partition coefficient (Wildman–Crippen LogP) is -5.25. The maximum atomic E-state index is 8.52. The summed E-state index contributed by atoms with van der Waals surface area (Å²) in [5.74, 6) is 0. The molecule has 11 heavy (non-hydrogen) atoms. The summed E-state index contributed by atoms with van der Waals surface area (Å²) in [5, 5.41) is 0. The molecule has 0 bridgehead atoms. The number of halogens is 2. The molecule has 0 saturated carbocycles. The van der Waals surface area contributed by atoms with Crippen molar-refractivity contribution in [2.75, 3.05) is 0 Å². The molecule has 0 aromatic heterocycles. The molecule has 11 heteroatoms. The molecule has 0 aromatic rings. The first kappa shape index (κ1) is 17.5. The van der Waals surface area contributed by atoms with E-state index in [1.54, 1.807) is 0 Å². The Morgan fingerprint density at radius 3 is 0.909 bits per heavy atom. The van der Waals surface area contributed by atoms with Crippen LogP contribution >= 0.6 is 8.34 Å². The van der Waals surface area contributed by atoms with Gasteiger partial charge in [-0.15, -0.1) is 0 Å². The summed E-state index contributed by atoms with van der Waals surface area (Å²) >= 11 is 0. The summed E-state index contributed by atoms with van der Waals surface area (Å²) < 4.78 is 64.6. The molecule has 68 valence electrons. The van der Waals surface area contributed by atoms with Crippen LogP contribution in [0.4, 0.5) is 0 Å². The smallest absolute Gasteiger partial charge is 0.282 e. The maximum absolute atomic E-state index is 8.52. The zero-order chi connectivity index (χ0) is 9.86. The molecule has 0 amide bonds. The molecule has 0 unspecified atom stereocenters. The molecule has 0 radical (unpaired) electrons. The van der Waals surface area contributed by atoms with E-state index in [0.29, 0.717) is 0 Å². The van der Waals surface area contributed by atoms with Gasteiger partial charge in [-0.2, -0.15) is 0 Å². The molecule has 2 N–H and O–H groups in total. The van der Waals surface area contributed by atoms with Gasteiger partial charge in [0.05, 0.1) is 0 Å². The zero-order valence-corrected chi connectivity index (χ0v) is 6.95. The minimum Gasteiger partial charge on any atom is -0.321 e. The third-order valence-electron chi connectivity index (χ3n) is 0. The molecule has 0 fully saturated rings. The van der Waals surface area contributed by atoms with Crippen LogP contribution in [0.1, 0.15) is 0 Å². The average molecular weight is 232 g/mol. The molecule has 0 aliphatic rings. The molecule has 0 aromatic carbocycles. The topological polar surface area (TPSA) is 167 Å². The standard InChI is InChI=1S/2ClHO3.O2P/c2*2-1(3)4;1-3-2/h2*2H;/q;;+1. The average Bonchev–Trinajstić information content (AvgIpc) is 1.60. The van der Waals surface area contributed by atoms with Gasteiger partial charge in [0, 0.05) is 9.32 Å². The van der Waals surface area contributed by atoms with Crippen LogP contribution in [0.5, 0.6) is 0 Å². The molecule has 0 rings (SSSR count). The van der Waals surface area contributed by atoms with E-state index in [4.69, 9.17) is 37.1 Å². The van der Waals surface area contributed by atoms with Gasteiger partial charge in [0.25, 0.3) is 21.6 Å². The Morgan fingerprint density at radius 1 is 0.909 bits per heavy atom. The van der Waals surface area contributed by atoms with E-state index in [2.05, 4.69) is 0 Å². The van der Waals surface area contributed by atoms with Crippen LogP contribution < -0.4 is 18.6 Å². The summed E-state index contributed by atoms with van der Waals surface area (Å²) in [6, 6.07) is 0. The third-order valence-corrected chi connectivity index (χ3v) is 0. The van der Waals surface area contributed by atoms with Crippen LogP contribution in [0.25, 0.3) is 0 Å². The van der Waals surface area contributed by atoms with Gasteiger partial charge in [-0.05, 0) is 0 Å². The second-order valence-corrected chi connectivity index (χ2v) is 1.43. The van der Waals surface area contributed by atoms with Crippen molar-refractivity contribution in [1.82, 2.24) is 0 Å². The van der Waals surface area contributed by atoms with E-state index in [1.165, 1.54) is 0 Å². The van der Waals surface area contributed by atoms with Crippen molar-refractivity contribution in [3.05, 3.63) is 0 Å². The fourth-order valence-corrected chi connectivity index (χ4v) is 0. The van der Waals surface area contributed by atoms with Crippen molar-refractivity contribution in [3.8, 4) is 0 Å². The second kappa shape index (κ2) is 16.8. The maximum Gasteiger partial charge on any atom is 0.282 e. The van der Waals surface area contributed by atoms with Gasteiger partial charge in [-0.3, -0.25) is 0 Å². The van der Waals surface area contributed by atoms with E-state index in [1.807, 2.05) is 0 Å². The minimum atomic E-state index is -2.60. The van der Waals surface area contributed by atoms with E-state index in [-0.39, 0.29) is 0 Å². The van der Waals surface area contributed by atoms with Gasteiger partial charge < -0.3 is 18.6 Å². The van der Waals surface area contributed by atoms with E-state index in [9.17, 15) is 0 Å². The molecule has 0 atom stereocenters. The van der Waals surface area contributed by atoms with Gasteiger partial charge >= 0.3 is 17.5 Å². The molecule has 0 heterocycles. The van der Waals surface area contributed by atoms with Gasteiger partial charge in [0.15, 0.2) is 0 Å². The largest absolute Gasteiger partial charge is 0.321 e. The first-order valence-electron chi connectivity index (χ1n) is 1.32. The van der Waals surface area contributed by atoms with Gasteiger partial charge in [-0.1, -0.05) is 0 Å². The van der Waals surface area contributed by atoms with Crippen LogP contribution in [0.3, 0.4) is 0 Å². The van der Waals surface area contributed by atoms with E-state index in [0.717, 1.165) is 0 Å². The van der Waals surface area contributed by atoms with Crippen LogP contribution in [-0.4, -0.2) is 9.32 Å². The van der Waals surface area contributed by atoms with Crippen molar-refractivity contribution in [1.29, 1.82) is 0 Å². The van der Waals surface area contributed by atoms with Crippen molar-refractivity contribution in [2.24, 2.45) is 0 Å². The Balaban J connectivity index is -0.0000000886. The molecule has 8 nitrogen and oxygen atoms in total. The molecular formula is H2Cl2O8P+. The second-order valence-electron chi connectivity index (χ2n) is 0.477. The van der Waals surface area contributed by atoms with E-state index >= 15 is 0 Å². The van der Waals surface area contributed by atoms with Crippen molar-refractivity contribution >= 4 is 8.34 Å². The Hall–Kier alpha value is 0.370. The predicted molar refractivity (Wildman–Crippen MR) is 12.7 cm³/mol. The quantitative estimate of drug-likeness (QED) is 0.390. The van der Waals surface area contributed by atoms with Gasteiger partial charge in [-0.25, -0.2) is 0 Å². The van der Waals surface area contributed by atoms with Crippen molar-refractivity contribution < 1.29 is 58.7 Å². The van der Waals surface area contributed by atoms with E-state index < -0.39 is 29.9 Å². The summed E-state index contributed by atoms with van der Waals surface area (Å²) in [7, 11) is -6.29. The summed E-state index contributed by atoms with van der Waals surface area (Å²) in [6.45, 7) is 0.